The predicted molar refractivity (Wildman–Crippen MR) is 71.7 cm³/mol. The predicted octanol–water partition coefficient (Wildman–Crippen LogP) is 1.31. The van der Waals surface area contributed by atoms with Gasteiger partial charge < -0.3 is 5.11 Å². The SMILES string of the molecule is CCCn1ncnc1CC(O)c1c(C)nn(C)c1C. The van der Waals surface area contributed by atoms with E-state index in [0.29, 0.717) is 6.42 Å². The molecule has 0 fully saturated rings. The molecule has 0 amide bonds. The molecule has 0 spiro atoms. The molecule has 0 saturated heterocycles. The van der Waals surface area contributed by atoms with Crippen molar-refractivity contribution >= 4 is 0 Å². The zero-order valence-corrected chi connectivity index (χ0v) is 12.0. The summed E-state index contributed by atoms with van der Waals surface area (Å²) in [5.41, 5.74) is 2.76. The van der Waals surface area contributed by atoms with E-state index >= 15 is 0 Å². The minimum absolute atomic E-state index is 0.466. The number of aryl methyl sites for hydroxylation is 3. The van der Waals surface area contributed by atoms with Crippen LogP contribution in [0.3, 0.4) is 0 Å². The number of hydrogen-bond donors (Lipinski definition) is 1. The van der Waals surface area contributed by atoms with Gasteiger partial charge in [0.15, 0.2) is 0 Å². The van der Waals surface area contributed by atoms with Crippen LogP contribution in [0, 0.1) is 13.8 Å². The Kier molecular flexibility index (Phi) is 3.99. The third-order valence-electron chi connectivity index (χ3n) is 3.41. The van der Waals surface area contributed by atoms with Crippen molar-refractivity contribution in [2.45, 2.75) is 46.3 Å². The molecule has 2 heterocycles. The lowest BCUT2D eigenvalue weighted by atomic mass is 10.0. The highest BCUT2D eigenvalue weighted by Crippen LogP contribution is 2.23. The van der Waals surface area contributed by atoms with Gasteiger partial charge in [0.1, 0.15) is 12.2 Å². The molecule has 0 bridgehead atoms. The summed E-state index contributed by atoms with van der Waals surface area (Å²) in [6.45, 7) is 6.81. The van der Waals surface area contributed by atoms with Gasteiger partial charge in [0.05, 0.1) is 11.8 Å². The monoisotopic (exact) mass is 263 g/mol. The third-order valence-corrected chi connectivity index (χ3v) is 3.41. The van der Waals surface area contributed by atoms with Crippen LogP contribution in [0.2, 0.25) is 0 Å². The molecular formula is C13H21N5O. The summed E-state index contributed by atoms with van der Waals surface area (Å²) in [6.07, 6.45) is 2.42. The number of aliphatic hydroxyl groups excluding tert-OH is 1. The van der Waals surface area contributed by atoms with Crippen molar-refractivity contribution in [3.8, 4) is 0 Å². The van der Waals surface area contributed by atoms with Crippen molar-refractivity contribution in [2.24, 2.45) is 7.05 Å². The van der Waals surface area contributed by atoms with Gasteiger partial charge in [0.25, 0.3) is 0 Å². The van der Waals surface area contributed by atoms with E-state index in [1.807, 2.05) is 25.6 Å². The minimum atomic E-state index is -0.589. The van der Waals surface area contributed by atoms with Crippen LogP contribution in [0.1, 0.15) is 42.2 Å². The topological polar surface area (TPSA) is 68.8 Å². The Morgan fingerprint density at radius 1 is 1.37 bits per heavy atom. The second kappa shape index (κ2) is 5.52. The van der Waals surface area contributed by atoms with Gasteiger partial charge >= 0.3 is 0 Å². The van der Waals surface area contributed by atoms with E-state index in [1.165, 1.54) is 0 Å². The summed E-state index contributed by atoms with van der Waals surface area (Å²) in [7, 11) is 1.89. The molecule has 19 heavy (non-hydrogen) atoms. The Balaban J connectivity index is 2.20. The van der Waals surface area contributed by atoms with Crippen LogP contribution in [0.15, 0.2) is 6.33 Å². The van der Waals surface area contributed by atoms with E-state index in [0.717, 1.165) is 35.7 Å². The second-order valence-electron chi connectivity index (χ2n) is 4.83. The summed E-state index contributed by atoms with van der Waals surface area (Å²) in [5, 5.41) is 18.9. The van der Waals surface area contributed by atoms with Crippen molar-refractivity contribution in [1.29, 1.82) is 0 Å². The van der Waals surface area contributed by atoms with Gasteiger partial charge in [0.2, 0.25) is 0 Å². The first kappa shape index (κ1) is 13.7. The van der Waals surface area contributed by atoms with Crippen LogP contribution in [0.4, 0.5) is 0 Å². The molecule has 0 aromatic carbocycles. The van der Waals surface area contributed by atoms with Gasteiger partial charge in [-0.05, 0) is 20.3 Å². The Bertz CT molecular complexity index is 557. The van der Waals surface area contributed by atoms with Crippen LogP contribution >= 0.6 is 0 Å². The van der Waals surface area contributed by atoms with E-state index in [9.17, 15) is 5.11 Å². The smallest absolute Gasteiger partial charge is 0.138 e. The normalized spacial score (nSPS) is 12.9. The molecule has 0 aliphatic heterocycles. The highest BCUT2D eigenvalue weighted by atomic mass is 16.3. The molecule has 6 nitrogen and oxygen atoms in total. The van der Waals surface area contributed by atoms with Gasteiger partial charge in [-0.15, -0.1) is 0 Å². The van der Waals surface area contributed by atoms with Gasteiger partial charge in [-0.25, -0.2) is 4.98 Å². The van der Waals surface area contributed by atoms with E-state index in [-0.39, 0.29) is 0 Å². The number of hydrogen-bond acceptors (Lipinski definition) is 4. The molecule has 0 aliphatic rings. The first-order chi connectivity index (χ1) is 9.04. The third kappa shape index (κ3) is 2.68. The molecule has 1 atom stereocenters. The summed E-state index contributed by atoms with van der Waals surface area (Å²) in [4.78, 5) is 4.23. The van der Waals surface area contributed by atoms with Gasteiger partial charge in [0, 0.05) is 31.3 Å². The fourth-order valence-electron chi connectivity index (χ4n) is 2.39. The van der Waals surface area contributed by atoms with Crippen LogP contribution in [0.5, 0.6) is 0 Å². The molecule has 104 valence electrons. The second-order valence-corrected chi connectivity index (χ2v) is 4.83. The van der Waals surface area contributed by atoms with Crippen molar-refractivity contribution in [3.05, 3.63) is 29.1 Å². The maximum absolute atomic E-state index is 10.4. The van der Waals surface area contributed by atoms with Crippen molar-refractivity contribution in [1.82, 2.24) is 24.5 Å². The first-order valence-corrected chi connectivity index (χ1v) is 6.59. The fourth-order valence-corrected chi connectivity index (χ4v) is 2.39. The zero-order chi connectivity index (χ0) is 14.0. The van der Waals surface area contributed by atoms with E-state index < -0.39 is 6.10 Å². The Labute approximate surface area is 113 Å². The fraction of sp³-hybridized carbons (Fsp3) is 0.615. The van der Waals surface area contributed by atoms with E-state index in [1.54, 1.807) is 11.0 Å². The largest absolute Gasteiger partial charge is 0.388 e. The van der Waals surface area contributed by atoms with Gasteiger partial charge in [-0.3, -0.25) is 9.36 Å². The lowest BCUT2D eigenvalue weighted by molar-refractivity contribution is 0.172. The standard InChI is InChI=1S/C13H21N5O/c1-5-6-18-12(14-8-15-18)7-11(19)13-9(2)16-17(4)10(13)3/h8,11,19H,5-7H2,1-4H3. The van der Waals surface area contributed by atoms with Crippen LogP contribution in [0.25, 0.3) is 0 Å². The zero-order valence-electron chi connectivity index (χ0n) is 12.0. The number of aromatic nitrogens is 5. The number of aliphatic hydroxyl groups is 1. The number of rotatable bonds is 5. The molecule has 0 saturated carbocycles. The van der Waals surface area contributed by atoms with Gasteiger partial charge in [-0.1, -0.05) is 6.92 Å². The van der Waals surface area contributed by atoms with Crippen LogP contribution in [-0.4, -0.2) is 29.7 Å². The maximum Gasteiger partial charge on any atom is 0.138 e. The van der Waals surface area contributed by atoms with Crippen LogP contribution in [-0.2, 0) is 20.0 Å². The molecular weight excluding hydrogens is 242 g/mol. The Morgan fingerprint density at radius 3 is 2.68 bits per heavy atom. The summed E-state index contributed by atoms with van der Waals surface area (Å²) in [6, 6.07) is 0. The Hall–Kier alpha value is -1.69. The van der Waals surface area contributed by atoms with Gasteiger partial charge in [-0.2, -0.15) is 10.2 Å². The molecule has 2 rings (SSSR count). The highest BCUT2D eigenvalue weighted by molar-refractivity contribution is 5.27. The molecule has 6 heteroatoms. The minimum Gasteiger partial charge on any atom is -0.388 e. The molecule has 2 aromatic heterocycles. The lowest BCUT2D eigenvalue weighted by Crippen LogP contribution is -2.11. The molecule has 1 N–H and O–H groups in total. The average molecular weight is 263 g/mol. The molecule has 0 aliphatic carbocycles. The molecule has 0 radical (unpaired) electrons. The van der Waals surface area contributed by atoms with Crippen molar-refractivity contribution < 1.29 is 5.11 Å². The quantitative estimate of drug-likeness (QED) is 0.883. The van der Waals surface area contributed by atoms with Crippen molar-refractivity contribution in [3.63, 3.8) is 0 Å². The summed E-state index contributed by atoms with van der Waals surface area (Å²) < 4.78 is 3.65. The van der Waals surface area contributed by atoms with E-state index in [4.69, 9.17) is 0 Å². The molecule has 2 aromatic rings. The Morgan fingerprint density at radius 2 is 2.11 bits per heavy atom. The lowest BCUT2D eigenvalue weighted by Gasteiger charge is -2.12. The summed E-state index contributed by atoms with van der Waals surface area (Å²) >= 11 is 0. The van der Waals surface area contributed by atoms with Crippen molar-refractivity contribution in [2.75, 3.05) is 0 Å². The highest BCUT2D eigenvalue weighted by Gasteiger charge is 2.20. The first-order valence-electron chi connectivity index (χ1n) is 6.59. The number of nitrogens with zero attached hydrogens (tertiary/aromatic N) is 5. The summed E-state index contributed by atoms with van der Waals surface area (Å²) in [5.74, 6) is 0.817. The maximum atomic E-state index is 10.4. The average Bonchev–Trinajstić information content (AvgIpc) is 2.86. The molecule has 1 unspecified atom stereocenters. The van der Waals surface area contributed by atoms with Crippen LogP contribution < -0.4 is 0 Å². The van der Waals surface area contributed by atoms with E-state index in [2.05, 4.69) is 22.1 Å².